The minimum atomic E-state index is -0.494. The number of unbranched alkanes of at least 4 members (excludes halogenated alkanes) is 7. The highest BCUT2D eigenvalue weighted by atomic mass is 127. The first-order valence-corrected chi connectivity index (χ1v) is 46.7. The number of nitrogens with zero attached hydrogens (tertiary/aromatic N) is 12. The van der Waals surface area contributed by atoms with Gasteiger partial charge in [0.05, 0.1) is 44.0 Å². The molecule has 696 valence electrons. The second kappa shape index (κ2) is 59.0. The monoisotopic (exact) mass is 1900 g/mol. The lowest BCUT2D eigenvalue weighted by Gasteiger charge is -2.19. The molecule has 0 fully saturated rings. The topological polar surface area (TPSA) is 462 Å². The number of carbonyl (C=O) groups is 2. The van der Waals surface area contributed by atoms with Crippen LogP contribution in [-0.2, 0) is 31.9 Å². The number of nitrogens with one attached hydrogen (secondary N) is 6. The van der Waals surface area contributed by atoms with E-state index in [1.807, 2.05) is 199 Å². The smallest absolute Gasteiger partial charge is 0.307 e. The molecule has 130 heavy (non-hydrogen) atoms. The van der Waals surface area contributed by atoms with E-state index >= 15 is 0 Å². The Labute approximate surface area is 788 Å². The lowest BCUT2D eigenvalue weighted by molar-refractivity contribution is -0.155. The van der Waals surface area contributed by atoms with Gasteiger partial charge in [0, 0.05) is 103 Å². The quantitative estimate of drug-likeness (QED) is 0.00559. The number of nitrogen functional groups attached to an aromatic ring is 6. The van der Waals surface area contributed by atoms with E-state index < -0.39 is 11.2 Å². The Morgan fingerprint density at radius 3 is 1.12 bits per heavy atom. The van der Waals surface area contributed by atoms with Gasteiger partial charge in [0.15, 0.2) is 0 Å². The highest BCUT2D eigenvalue weighted by molar-refractivity contribution is 14.1. The molecule has 0 saturated carbocycles. The van der Waals surface area contributed by atoms with Crippen molar-refractivity contribution >= 4 is 117 Å². The van der Waals surface area contributed by atoms with Crippen LogP contribution >= 0.6 is 34.2 Å². The molecule has 11 aromatic rings. The molecule has 5 aromatic carbocycles. The number of anilines is 12. The van der Waals surface area contributed by atoms with Gasteiger partial charge < -0.3 is 81.5 Å². The van der Waals surface area contributed by atoms with Crippen LogP contribution in [0, 0.1) is 15.4 Å². The van der Waals surface area contributed by atoms with E-state index in [9.17, 15) is 9.59 Å². The summed E-state index contributed by atoms with van der Waals surface area (Å²) in [5, 5.41) is 20.2. The van der Waals surface area contributed by atoms with Gasteiger partial charge in [-0.05, 0) is 141 Å². The van der Waals surface area contributed by atoms with Crippen molar-refractivity contribution in [1.82, 2.24) is 59.8 Å². The van der Waals surface area contributed by atoms with Crippen LogP contribution < -0.4 is 72.0 Å². The molecule has 0 unspecified atom stereocenters. The molecule has 0 saturated heterocycles. The van der Waals surface area contributed by atoms with Gasteiger partial charge in [-0.2, -0.15) is 29.9 Å². The van der Waals surface area contributed by atoms with Crippen LogP contribution in [0.1, 0.15) is 215 Å². The predicted octanol–water partition coefficient (Wildman–Crippen LogP) is 20.6. The summed E-state index contributed by atoms with van der Waals surface area (Å²) in [6.07, 6.45) is 18.4. The van der Waals surface area contributed by atoms with Crippen LogP contribution in [0.4, 0.5) is 70.6 Å². The minimum absolute atomic E-state index is 0.157. The van der Waals surface area contributed by atoms with Crippen LogP contribution in [0.25, 0.3) is 56.3 Å². The Morgan fingerprint density at radius 1 is 0.369 bits per heavy atom. The zero-order valence-electron chi connectivity index (χ0n) is 78.0. The van der Waals surface area contributed by atoms with Gasteiger partial charge in [0.1, 0.15) is 51.3 Å². The summed E-state index contributed by atoms with van der Waals surface area (Å²) in [6.45, 7) is 29.9. The molecule has 0 radical (unpaired) electrons. The third-order valence-corrected chi connectivity index (χ3v) is 19.9. The van der Waals surface area contributed by atoms with E-state index in [0.29, 0.717) is 65.3 Å². The van der Waals surface area contributed by atoms with E-state index in [0.717, 1.165) is 237 Å². The van der Waals surface area contributed by atoms with E-state index in [1.54, 1.807) is 6.07 Å². The third kappa shape index (κ3) is 40.5. The fourth-order valence-corrected chi connectivity index (χ4v) is 13.4. The molecule has 0 atom stereocenters. The fraction of sp³-hybridized carbons (Fsp3) is 0.414. The first kappa shape index (κ1) is 106. The zero-order valence-corrected chi connectivity index (χ0v) is 80.9. The van der Waals surface area contributed by atoms with Crippen molar-refractivity contribution in [2.24, 2.45) is 5.73 Å². The number of benzene rings is 5. The predicted molar refractivity (Wildman–Crippen MR) is 547 cm³/mol. The second-order valence-corrected chi connectivity index (χ2v) is 33.7. The number of aromatic nitrogens is 12. The molecule has 20 N–H and O–H groups in total. The van der Waals surface area contributed by atoms with Gasteiger partial charge in [-0.15, -0.1) is 0 Å². The van der Waals surface area contributed by atoms with E-state index in [2.05, 4.69) is 168 Å². The van der Waals surface area contributed by atoms with Crippen LogP contribution in [0.15, 0.2) is 164 Å². The van der Waals surface area contributed by atoms with Crippen molar-refractivity contribution in [3.63, 3.8) is 0 Å². The van der Waals surface area contributed by atoms with Crippen molar-refractivity contribution in [2.75, 3.05) is 112 Å². The van der Waals surface area contributed by atoms with Gasteiger partial charge in [-0.3, -0.25) is 9.59 Å². The highest BCUT2D eigenvalue weighted by Gasteiger charge is 2.22. The normalized spacial score (nSPS) is 10.7. The average Bonchev–Trinajstić information content (AvgIpc) is 0.816. The maximum absolute atomic E-state index is 12.0. The lowest BCUT2D eigenvalue weighted by atomic mass is 10.0. The minimum Gasteiger partial charge on any atom is -0.460 e. The summed E-state index contributed by atoms with van der Waals surface area (Å²) in [4.78, 5) is 75.3. The Bertz CT molecular complexity index is 5180. The van der Waals surface area contributed by atoms with E-state index in [1.165, 1.54) is 0 Å². The number of halogens is 2. The van der Waals surface area contributed by atoms with Gasteiger partial charge in [-0.25, -0.2) is 29.9 Å². The molecule has 11 rings (SSSR count). The molecule has 31 heteroatoms. The van der Waals surface area contributed by atoms with Gasteiger partial charge in [0.25, 0.3) is 0 Å². The lowest BCUT2D eigenvalue weighted by Crippen LogP contribution is -2.23. The summed E-state index contributed by atoms with van der Waals surface area (Å²) in [5.74, 6) is 11.9. The number of rotatable bonds is 39. The summed E-state index contributed by atoms with van der Waals surface area (Å²) in [6, 6.07) is 53.5. The Kier molecular flexibility index (Phi) is 48.3. The van der Waals surface area contributed by atoms with Crippen molar-refractivity contribution in [1.29, 1.82) is 0 Å². The Morgan fingerprint density at radius 2 is 0.700 bits per heavy atom. The molecule has 29 nitrogen and oxygen atoms in total. The molecule has 0 aliphatic carbocycles. The van der Waals surface area contributed by atoms with Crippen molar-refractivity contribution < 1.29 is 19.1 Å². The van der Waals surface area contributed by atoms with Gasteiger partial charge >= 0.3 is 11.9 Å². The number of hydrogen-bond acceptors (Lipinski definition) is 29. The highest BCUT2D eigenvalue weighted by Crippen LogP contribution is 2.34. The molecular formula is C99H137ClIN25O4. The molecule has 6 aromatic heterocycles. The van der Waals surface area contributed by atoms with Crippen LogP contribution in [0.2, 0.25) is 5.15 Å². The largest absolute Gasteiger partial charge is 0.460 e. The molecule has 0 bridgehead atoms. The number of ether oxygens (including phenoxy) is 2. The molecule has 0 spiro atoms. The first-order valence-electron chi connectivity index (χ1n) is 45.2. The summed E-state index contributed by atoms with van der Waals surface area (Å²) >= 11 is 7.96. The van der Waals surface area contributed by atoms with Crippen molar-refractivity contribution in [3.8, 4) is 68.1 Å². The molecular weight excluding hydrogens is 1770 g/mol. The standard InChI is InChI=1S/C23H34N4O2.C23H30N4O2.C17H25N5.C14H17IN4.C14H18N4.C8H13ClN4/c2*1-5-6-16-25-21-18(14-10-11-15-19(28)29-23(2,3)4)20(26-22(24)27-21)17-12-8-7-9-13-17;1-2-3-12-20-16-14(10-7-11-18)15(21-17(19)22-16)13-8-5-4-6-9-13;1-2-3-9-17-13-11(15)12(18-14(16)19-13)10-7-5-4-6-8-10;1-2-3-9-16-13-10-12(17-14(15)18-13)11-7-5-4-6-8-11;1-2-3-4-11-7-5-6(9)12-8(10)13-7/h7-9,12-13H,5-6,10-11,14-16H2,1-4H3,(H3,24,25,26,27);7-9,12-13H,5-6,11,15-16H2,1-4H3,(H3,24,25,26,27);4-6,8-9H,2-3,7,10-12,18H2,1H3,(H3,19,20,21,22);4-8H,2-3,9H2,1H3,(H3,16,17,18,19);4-8,10H,2-3,9H2,1H3,(H3,15,16,17,18);5H,2-4H2,1H3,(H3,10,11,12,13). The van der Waals surface area contributed by atoms with Gasteiger partial charge in [0.2, 0.25) is 35.7 Å². The number of nitrogens with two attached hydrogens (primary N) is 7. The van der Waals surface area contributed by atoms with Crippen LogP contribution in [-0.4, -0.2) is 129 Å². The molecule has 0 aliphatic heterocycles. The molecule has 0 amide bonds. The average molecular weight is 1900 g/mol. The van der Waals surface area contributed by atoms with Crippen molar-refractivity contribution in [3.05, 3.63) is 189 Å². The Balaban J connectivity index is 0.000000245. The van der Waals surface area contributed by atoms with E-state index in [-0.39, 0.29) is 36.2 Å². The molecule has 6 heterocycles. The maximum Gasteiger partial charge on any atom is 0.307 e. The van der Waals surface area contributed by atoms with Crippen LogP contribution in [0.3, 0.4) is 0 Å². The maximum atomic E-state index is 12.0. The van der Waals surface area contributed by atoms with Gasteiger partial charge in [-0.1, -0.05) is 255 Å². The number of hydrogen-bond donors (Lipinski definition) is 13. The summed E-state index contributed by atoms with van der Waals surface area (Å²) in [5.41, 5.74) is 51.7. The SMILES string of the molecule is CCCCNc1cc(-c2ccccc2)nc(N)n1.CCCCNc1cc(Cl)nc(N)n1.CCCCNc1nc(N)nc(-c2ccccc2)c1C#CCCC(=O)OC(C)(C)C.CCCCNc1nc(N)nc(-c2ccccc2)c1CCCCC(=O)OC(C)(C)C.CCCCNc1nc(N)nc(-c2ccccc2)c1CCCN.CCCCNc1nc(N)nc(-c2ccccc2)c1I. The molecule has 0 aliphatic rings. The van der Waals surface area contributed by atoms with Crippen molar-refractivity contribution in [2.45, 2.75) is 223 Å². The Hall–Kier alpha value is -12.3. The second-order valence-electron chi connectivity index (χ2n) is 32.3. The summed E-state index contributed by atoms with van der Waals surface area (Å²) in [7, 11) is 0. The first-order chi connectivity index (χ1) is 62.6. The number of esters is 2. The zero-order chi connectivity index (χ0) is 94.5. The third-order valence-electron chi connectivity index (χ3n) is 18.7. The van der Waals surface area contributed by atoms with Crippen LogP contribution in [0.5, 0.6) is 0 Å². The van der Waals surface area contributed by atoms with E-state index in [4.69, 9.17) is 61.2 Å². The summed E-state index contributed by atoms with van der Waals surface area (Å²) < 4.78 is 11.7. The number of carbonyl (C=O) groups excluding carboxylic acids is 2. The fourth-order valence-electron chi connectivity index (χ4n) is 12.4.